The fourth-order valence-electron chi connectivity index (χ4n) is 7.28. The van der Waals surface area contributed by atoms with Crippen molar-refractivity contribution in [2.75, 3.05) is 30.4 Å². The molecule has 0 saturated carbocycles. The summed E-state index contributed by atoms with van der Waals surface area (Å²) in [6, 6.07) is 10.6. The summed E-state index contributed by atoms with van der Waals surface area (Å²) in [6.45, 7) is 8.25. The highest BCUT2D eigenvalue weighted by Gasteiger charge is 2.37. The molecule has 11 heteroatoms. The molecule has 0 unspecified atom stereocenters. The summed E-state index contributed by atoms with van der Waals surface area (Å²) in [5.74, 6) is -1.26. The minimum atomic E-state index is -0.579. The lowest BCUT2D eigenvalue weighted by atomic mass is 9.90. The van der Waals surface area contributed by atoms with E-state index in [0.717, 1.165) is 38.0 Å². The van der Waals surface area contributed by atoms with Gasteiger partial charge in [-0.1, -0.05) is 19.9 Å². The Morgan fingerprint density at radius 1 is 1.02 bits per heavy atom. The van der Waals surface area contributed by atoms with Gasteiger partial charge in [-0.05, 0) is 78.7 Å². The molecule has 1 amide bonds. The van der Waals surface area contributed by atoms with Gasteiger partial charge in [0, 0.05) is 68.9 Å². The number of nitrogens with one attached hydrogen (secondary N) is 1. The van der Waals surface area contributed by atoms with Crippen molar-refractivity contribution in [3.63, 3.8) is 0 Å². The maximum absolute atomic E-state index is 15.5. The smallest absolute Gasteiger partial charge is 0.302 e. The Kier molecular flexibility index (Phi) is 7.54. The highest BCUT2D eigenvalue weighted by molar-refractivity contribution is 6.07. The van der Waals surface area contributed by atoms with Crippen LogP contribution in [0.5, 0.6) is 0 Å². The number of aryl methyl sites for hydroxylation is 1. The van der Waals surface area contributed by atoms with Gasteiger partial charge in [-0.15, -0.1) is 0 Å². The fourth-order valence-corrected chi connectivity index (χ4v) is 7.28. The third-order valence-electron chi connectivity index (χ3n) is 9.55. The highest BCUT2D eigenvalue weighted by atomic mass is 19.1. The first-order valence-electron chi connectivity index (χ1n) is 16.0. The zero-order valence-corrected chi connectivity index (χ0v) is 27.4. The third kappa shape index (κ3) is 5.73. The van der Waals surface area contributed by atoms with Crippen LogP contribution in [-0.2, 0) is 55.5 Å². The molecule has 4 aromatic rings. The number of hydrogen-bond donors (Lipinski definition) is 1. The van der Waals surface area contributed by atoms with E-state index in [4.69, 9.17) is 4.74 Å². The molecule has 0 fully saturated rings. The Labute approximate surface area is 272 Å². The second-order valence-corrected chi connectivity index (χ2v) is 13.8. The number of nitrogens with zero attached hydrogens (tertiary/aromatic N) is 5. The van der Waals surface area contributed by atoms with Crippen LogP contribution in [0.15, 0.2) is 47.4 Å². The molecule has 7 rings (SSSR count). The fraction of sp³-hybridized carbons (Fsp3) is 0.389. The van der Waals surface area contributed by atoms with Gasteiger partial charge in [-0.25, -0.2) is 9.37 Å². The van der Waals surface area contributed by atoms with Gasteiger partial charge in [0.05, 0.1) is 11.4 Å². The van der Waals surface area contributed by atoms with Crippen LogP contribution in [0, 0.1) is 11.2 Å². The number of likely N-dealkylation sites (N-methyl/N-ethyl adjacent to an activating group) is 1. The predicted molar refractivity (Wildman–Crippen MR) is 177 cm³/mol. The third-order valence-corrected chi connectivity index (χ3v) is 9.55. The van der Waals surface area contributed by atoms with E-state index in [9.17, 15) is 14.4 Å². The summed E-state index contributed by atoms with van der Waals surface area (Å²) in [4.78, 5) is 47.8. The second kappa shape index (κ2) is 11.5. The van der Waals surface area contributed by atoms with Crippen LogP contribution in [0.2, 0.25) is 0 Å². The number of fused-ring (bicyclic) bond motifs is 4. The van der Waals surface area contributed by atoms with Gasteiger partial charge in [0.2, 0.25) is 0 Å². The summed E-state index contributed by atoms with van der Waals surface area (Å²) in [5.41, 5.74) is 7.29. The van der Waals surface area contributed by atoms with Crippen LogP contribution in [0.1, 0.15) is 59.2 Å². The molecule has 0 bridgehead atoms. The number of hydrogen-bond acceptors (Lipinski definition) is 7. The van der Waals surface area contributed by atoms with Gasteiger partial charge in [0.15, 0.2) is 5.82 Å². The van der Waals surface area contributed by atoms with Crippen LogP contribution in [0.3, 0.4) is 0 Å². The number of carbonyl (C=O) groups excluding carboxylic acids is 2. The van der Waals surface area contributed by atoms with Gasteiger partial charge >= 0.3 is 5.97 Å². The number of amides is 1. The Bertz CT molecular complexity index is 2010. The standard InChI is InChI=1S/C36H39FN6O4/c1-21(44)47-20-28-27(29-19-41(5)35(46)33(39-29)38-26-7-6-23-18-40(4)9-8-22(23)12-26)14-25(37)15-30(28)43-11-10-42-31(34(43)45)13-24-16-36(2,3)17-32(24)42/h6-7,12-15,19H,8-11,16-18,20H2,1-5H3,(H,38,39). The molecule has 1 aliphatic carbocycles. The van der Waals surface area contributed by atoms with Crippen LogP contribution in [-0.4, -0.2) is 51.0 Å². The number of halogens is 1. The molecule has 4 heterocycles. The second-order valence-electron chi connectivity index (χ2n) is 13.8. The van der Waals surface area contributed by atoms with E-state index in [2.05, 4.69) is 46.7 Å². The zero-order chi connectivity index (χ0) is 33.2. The minimum absolute atomic E-state index is 0.0754. The summed E-state index contributed by atoms with van der Waals surface area (Å²) < 4.78 is 24.5. The summed E-state index contributed by atoms with van der Waals surface area (Å²) >= 11 is 0. The monoisotopic (exact) mass is 638 g/mol. The van der Waals surface area contributed by atoms with Gasteiger partial charge in [-0.2, -0.15) is 0 Å². The average Bonchev–Trinajstić information content (AvgIpc) is 3.50. The van der Waals surface area contributed by atoms with Crippen molar-refractivity contribution in [3.8, 4) is 11.3 Å². The molecule has 1 N–H and O–H groups in total. The maximum Gasteiger partial charge on any atom is 0.302 e. The van der Waals surface area contributed by atoms with Crippen molar-refractivity contribution in [1.82, 2.24) is 19.0 Å². The Morgan fingerprint density at radius 2 is 1.83 bits per heavy atom. The molecule has 10 nitrogen and oxygen atoms in total. The van der Waals surface area contributed by atoms with Gasteiger partial charge in [0.25, 0.3) is 11.5 Å². The van der Waals surface area contributed by atoms with E-state index in [1.807, 2.05) is 18.2 Å². The van der Waals surface area contributed by atoms with Gasteiger partial charge in [-0.3, -0.25) is 14.4 Å². The van der Waals surface area contributed by atoms with Crippen LogP contribution in [0.25, 0.3) is 11.3 Å². The summed E-state index contributed by atoms with van der Waals surface area (Å²) in [6.07, 6.45) is 4.23. The molecule has 244 valence electrons. The van der Waals surface area contributed by atoms with Crippen LogP contribution < -0.4 is 15.8 Å². The number of ether oxygens (including phenoxy) is 1. The topological polar surface area (TPSA) is 102 Å². The summed E-state index contributed by atoms with van der Waals surface area (Å²) in [7, 11) is 3.70. The normalized spacial score (nSPS) is 16.9. The van der Waals surface area contributed by atoms with Gasteiger partial charge in [0.1, 0.15) is 18.1 Å². The van der Waals surface area contributed by atoms with Crippen molar-refractivity contribution in [2.24, 2.45) is 12.5 Å². The van der Waals surface area contributed by atoms with Gasteiger partial charge < -0.3 is 29.0 Å². The largest absolute Gasteiger partial charge is 0.461 e. The molecule has 0 spiro atoms. The Balaban J connectivity index is 1.28. The van der Waals surface area contributed by atoms with Crippen LogP contribution >= 0.6 is 0 Å². The number of anilines is 3. The molecule has 2 aromatic carbocycles. The molecular formula is C36H39FN6O4. The lowest BCUT2D eigenvalue weighted by Gasteiger charge is -2.32. The first kappa shape index (κ1) is 30.9. The van der Waals surface area contributed by atoms with Crippen molar-refractivity contribution < 1.29 is 18.7 Å². The molecule has 2 aliphatic heterocycles. The number of esters is 1. The Hall–Kier alpha value is -4.77. The molecule has 0 radical (unpaired) electrons. The first-order valence-corrected chi connectivity index (χ1v) is 16.0. The van der Waals surface area contributed by atoms with E-state index in [1.165, 1.54) is 52.2 Å². The number of carbonyl (C=O) groups is 2. The molecule has 3 aliphatic rings. The summed E-state index contributed by atoms with van der Waals surface area (Å²) in [5, 5.41) is 3.18. The molecule has 2 aromatic heterocycles. The zero-order valence-electron chi connectivity index (χ0n) is 27.4. The van der Waals surface area contributed by atoms with Crippen molar-refractivity contribution in [1.29, 1.82) is 0 Å². The molecular weight excluding hydrogens is 599 g/mol. The minimum Gasteiger partial charge on any atom is -0.461 e. The predicted octanol–water partition coefficient (Wildman–Crippen LogP) is 4.97. The maximum atomic E-state index is 15.5. The van der Waals surface area contributed by atoms with Crippen LogP contribution in [0.4, 0.5) is 21.6 Å². The van der Waals surface area contributed by atoms with Crippen molar-refractivity contribution in [2.45, 2.75) is 59.7 Å². The van der Waals surface area contributed by atoms with E-state index in [1.54, 1.807) is 11.9 Å². The number of aromatic nitrogens is 3. The molecule has 0 saturated heterocycles. The van der Waals surface area contributed by atoms with E-state index in [-0.39, 0.29) is 29.3 Å². The molecule has 0 atom stereocenters. The average molecular weight is 639 g/mol. The quantitative estimate of drug-likeness (QED) is 0.298. The van der Waals surface area contributed by atoms with E-state index in [0.29, 0.717) is 41.3 Å². The molecule has 47 heavy (non-hydrogen) atoms. The lowest BCUT2D eigenvalue weighted by molar-refractivity contribution is -0.142. The van der Waals surface area contributed by atoms with E-state index < -0.39 is 11.8 Å². The first-order chi connectivity index (χ1) is 22.4. The number of benzene rings is 2. The highest BCUT2D eigenvalue weighted by Crippen LogP contribution is 2.41. The SMILES string of the molecule is CC(=O)OCc1c(-c2cn(C)c(=O)c(Nc3ccc4c(c3)CCN(C)C4)n2)cc(F)cc1N1CCn2c(cc3c2CC(C)(C)C3)C1=O. The van der Waals surface area contributed by atoms with Crippen molar-refractivity contribution >= 4 is 29.1 Å². The number of rotatable bonds is 6. The van der Waals surface area contributed by atoms with E-state index >= 15 is 4.39 Å². The van der Waals surface area contributed by atoms with Crippen molar-refractivity contribution in [3.05, 3.63) is 92.4 Å². The lowest BCUT2D eigenvalue weighted by Crippen LogP contribution is -2.41. The Morgan fingerprint density at radius 3 is 2.62 bits per heavy atom.